The molecule has 1 aliphatic heterocycles. The molecular weight excluding hydrogens is 388 g/mol. The van der Waals surface area contributed by atoms with Crippen LogP contribution in [0.1, 0.15) is 24.8 Å². The summed E-state index contributed by atoms with van der Waals surface area (Å²) in [7, 11) is 0. The van der Waals surface area contributed by atoms with Crippen molar-refractivity contribution in [3.05, 3.63) is 60.4 Å². The number of para-hydroxylation sites is 3. The molecule has 1 N–H and O–H groups in total. The van der Waals surface area contributed by atoms with Crippen molar-refractivity contribution in [2.24, 2.45) is 0 Å². The number of nitrogens with zero attached hydrogens (tertiary/aromatic N) is 3. The number of carbonyl (C=O) groups is 1. The first-order chi connectivity index (χ1) is 14.3. The van der Waals surface area contributed by atoms with Crippen LogP contribution in [0, 0.1) is 0 Å². The smallest absolute Gasteiger partial charge is 0.230 e. The maximum Gasteiger partial charge on any atom is 0.230 e. The highest BCUT2D eigenvalue weighted by Crippen LogP contribution is 2.36. The van der Waals surface area contributed by atoms with Crippen molar-refractivity contribution in [1.29, 1.82) is 0 Å². The monoisotopic (exact) mass is 408 g/mol. The largest absolute Gasteiger partial charge is 0.485 e. The molecule has 1 atom stereocenters. The highest BCUT2D eigenvalue weighted by atomic mass is 32.2. The average molecular weight is 408 g/mol. The molecule has 1 fully saturated rings. The Hall–Kier alpha value is -3.00. The van der Waals surface area contributed by atoms with Crippen molar-refractivity contribution >= 4 is 17.7 Å². The molecule has 7 nitrogen and oxygen atoms in total. The van der Waals surface area contributed by atoms with E-state index >= 15 is 0 Å². The minimum absolute atomic E-state index is 0.0211. The van der Waals surface area contributed by atoms with E-state index in [1.54, 1.807) is 0 Å². The fraction of sp³-hybridized carbons (Fsp3) is 0.286. The summed E-state index contributed by atoms with van der Waals surface area (Å²) < 4.78 is 13.9. The molecule has 2 aliphatic rings. The Kier molecular flexibility index (Phi) is 4.85. The lowest BCUT2D eigenvalue weighted by Gasteiger charge is -2.26. The maximum absolute atomic E-state index is 12.1. The topological polar surface area (TPSA) is 78.3 Å². The Labute approximate surface area is 172 Å². The zero-order chi connectivity index (χ0) is 19.6. The molecule has 1 aliphatic carbocycles. The lowest BCUT2D eigenvalue weighted by molar-refractivity contribution is -0.118. The number of hydrogen-bond acceptors (Lipinski definition) is 6. The van der Waals surface area contributed by atoms with Gasteiger partial charge in [0.2, 0.25) is 5.91 Å². The predicted octanol–water partition coefficient (Wildman–Crippen LogP) is 3.15. The molecule has 1 saturated carbocycles. The van der Waals surface area contributed by atoms with Crippen LogP contribution in [-0.4, -0.2) is 39.1 Å². The van der Waals surface area contributed by atoms with Crippen LogP contribution in [-0.2, 0) is 4.79 Å². The number of amides is 1. The molecule has 0 radical (unpaired) electrons. The standard InChI is InChI=1S/C21H20N4O3S/c26-19(22-14-10-11-14)13-29-21-24-23-20(25(21)15-6-2-1-3-7-15)18-12-27-16-8-4-5-9-17(16)28-18/h1-9,14,18H,10-13H2,(H,22,26)/t18-/m1/s1. The van der Waals surface area contributed by atoms with Crippen molar-refractivity contribution in [1.82, 2.24) is 20.1 Å². The van der Waals surface area contributed by atoms with E-state index in [1.807, 2.05) is 59.2 Å². The number of benzene rings is 2. The third kappa shape index (κ3) is 3.93. The molecule has 0 saturated heterocycles. The molecule has 148 valence electrons. The number of ether oxygens (including phenoxy) is 2. The van der Waals surface area contributed by atoms with Crippen molar-refractivity contribution in [3.8, 4) is 17.2 Å². The molecule has 0 spiro atoms. The highest BCUT2D eigenvalue weighted by molar-refractivity contribution is 7.99. The third-order valence-electron chi connectivity index (χ3n) is 4.74. The zero-order valence-electron chi connectivity index (χ0n) is 15.7. The van der Waals surface area contributed by atoms with Crippen LogP contribution in [0.5, 0.6) is 11.5 Å². The predicted molar refractivity (Wildman–Crippen MR) is 109 cm³/mol. The van der Waals surface area contributed by atoms with Gasteiger partial charge in [0.25, 0.3) is 0 Å². The maximum atomic E-state index is 12.1. The molecule has 2 aromatic carbocycles. The van der Waals surface area contributed by atoms with Gasteiger partial charge in [0, 0.05) is 11.7 Å². The van der Waals surface area contributed by atoms with Gasteiger partial charge < -0.3 is 14.8 Å². The van der Waals surface area contributed by atoms with E-state index in [0.717, 1.165) is 24.3 Å². The molecule has 0 bridgehead atoms. The van der Waals surface area contributed by atoms with Gasteiger partial charge in [0.15, 0.2) is 28.6 Å². The van der Waals surface area contributed by atoms with E-state index in [0.29, 0.717) is 35.1 Å². The minimum Gasteiger partial charge on any atom is -0.485 e. The van der Waals surface area contributed by atoms with E-state index in [-0.39, 0.29) is 5.91 Å². The molecule has 1 amide bonds. The molecule has 5 rings (SSSR count). The first-order valence-electron chi connectivity index (χ1n) is 9.59. The van der Waals surface area contributed by atoms with Crippen LogP contribution in [0.25, 0.3) is 5.69 Å². The van der Waals surface area contributed by atoms with Gasteiger partial charge in [-0.25, -0.2) is 0 Å². The number of thioether (sulfide) groups is 1. The molecule has 2 heterocycles. The summed E-state index contributed by atoms with van der Waals surface area (Å²) in [5, 5.41) is 12.4. The zero-order valence-corrected chi connectivity index (χ0v) is 16.5. The van der Waals surface area contributed by atoms with Gasteiger partial charge in [-0.15, -0.1) is 10.2 Å². The summed E-state index contributed by atoms with van der Waals surface area (Å²) in [4.78, 5) is 12.1. The van der Waals surface area contributed by atoms with E-state index in [4.69, 9.17) is 9.47 Å². The first kappa shape index (κ1) is 18.1. The number of hydrogen-bond donors (Lipinski definition) is 1. The summed E-state index contributed by atoms with van der Waals surface area (Å²) in [6.07, 6.45) is 1.75. The van der Waals surface area contributed by atoms with Crippen molar-refractivity contribution < 1.29 is 14.3 Å². The van der Waals surface area contributed by atoms with Gasteiger partial charge in [-0.3, -0.25) is 9.36 Å². The first-order valence-corrected chi connectivity index (χ1v) is 10.6. The molecule has 29 heavy (non-hydrogen) atoms. The van der Waals surface area contributed by atoms with Crippen LogP contribution in [0.3, 0.4) is 0 Å². The summed E-state index contributed by atoms with van der Waals surface area (Å²) in [5.74, 6) is 2.38. The quantitative estimate of drug-likeness (QED) is 0.632. The van der Waals surface area contributed by atoms with Gasteiger partial charge in [0.1, 0.15) is 6.61 Å². The van der Waals surface area contributed by atoms with Crippen LogP contribution in [0.15, 0.2) is 59.8 Å². The fourth-order valence-electron chi connectivity index (χ4n) is 3.18. The minimum atomic E-state index is -0.396. The number of carbonyl (C=O) groups excluding carboxylic acids is 1. The second kappa shape index (κ2) is 7.79. The second-order valence-corrected chi connectivity index (χ2v) is 7.95. The third-order valence-corrected chi connectivity index (χ3v) is 5.67. The second-order valence-electron chi connectivity index (χ2n) is 7.01. The van der Waals surface area contributed by atoms with Gasteiger partial charge in [-0.2, -0.15) is 0 Å². The average Bonchev–Trinajstić information content (AvgIpc) is 3.47. The Morgan fingerprint density at radius 1 is 1.07 bits per heavy atom. The van der Waals surface area contributed by atoms with Crippen LogP contribution in [0.4, 0.5) is 0 Å². The lowest BCUT2D eigenvalue weighted by Crippen LogP contribution is -2.27. The summed E-state index contributed by atoms with van der Waals surface area (Å²) in [5.41, 5.74) is 0.917. The fourth-order valence-corrected chi connectivity index (χ4v) is 3.95. The van der Waals surface area contributed by atoms with Gasteiger partial charge in [0.05, 0.1) is 5.75 Å². The SMILES string of the molecule is O=C(CSc1nnc([C@H]2COc3ccccc3O2)n1-c1ccccc1)NC1CC1. The number of aromatic nitrogens is 3. The normalized spacial score (nSPS) is 17.7. The summed E-state index contributed by atoms with van der Waals surface area (Å²) >= 11 is 1.37. The molecular formula is C21H20N4O3S. The van der Waals surface area contributed by atoms with E-state index in [1.165, 1.54) is 11.8 Å². The Morgan fingerprint density at radius 2 is 1.83 bits per heavy atom. The van der Waals surface area contributed by atoms with Gasteiger partial charge in [-0.1, -0.05) is 42.1 Å². The number of nitrogens with one attached hydrogen (secondary N) is 1. The van der Waals surface area contributed by atoms with Gasteiger partial charge in [-0.05, 0) is 37.1 Å². The van der Waals surface area contributed by atoms with Crippen molar-refractivity contribution in [2.75, 3.05) is 12.4 Å². The summed E-state index contributed by atoms with van der Waals surface area (Å²) in [6, 6.07) is 17.8. The Balaban J connectivity index is 1.42. The lowest BCUT2D eigenvalue weighted by atomic mass is 10.2. The Morgan fingerprint density at radius 3 is 2.62 bits per heavy atom. The highest BCUT2D eigenvalue weighted by Gasteiger charge is 2.29. The molecule has 3 aromatic rings. The molecule has 8 heteroatoms. The Bertz CT molecular complexity index is 1020. The molecule has 0 unspecified atom stereocenters. The summed E-state index contributed by atoms with van der Waals surface area (Å²) in [6.45, 7) is 0.342. The van der Waals surface area contributed by atoms with E-state index in [2.05, 4.69) is 15.5 Å². The van der Waals surface area contributed by atoms with E-state index < -0.39 is 6.10 Å². The van der Waals surface area contributed by atoms with Crippen molar-refractivity contribution in [2.45, 2.75) is 30.1 Å². The van der Waals surface area contributed by atoms with Crippen LogP contribution >= 0.6 is 11.8 Å². The molecule has 1 aromatic heterocycles. The van der Waals surface area contributed by atoms with E-state index in [9.17, 15) is 4.79 Å². The van der Waals surface area contributed by atoms with Crippen LogP contribution in [0.2, 0.25) is 0 Å². The van der Waals surface area contributed by atoms with Crippen LogP contribution < -0.4 is 14.8 Å². The number of rotatable bonds is 6. The van der Waals surface area contributed by atoms with Crippen molar-refractivity contribution in [3.63, 3.8) is 0 Å². The number of fused-ring (bicyclic) bond motifs is 1. The van der Waals surface area contributed by atoms with Gasteiger partial charge >= 0.3 is 0 Å².